The normalized spacial score (nSPS) is 21.5. The molecular formula is C16H22NO. The van der Waals surface area contributed by atoms with Crippen LogP contribution in [0.25, 0.3) is 0 Å². The Morgan fingerprint density at radius 3 is 2.67 bits per heavy atom. The highest BCUT2D eigenvalue weighted by atomic mass is 16.1. The van der Waals surface area contributed by atoms with Crippen LogP contribution in [0.3, 0.4) is 0 Å². The molecule has 18 heavy (non-hydrogen) atoms. The minimum Gasteiger partial charge on any atom is -0.298 e. The smallest absolute Gasteiger partial charge is 0.150 e. The molecule has 1 aromatic rings. The molecule has 1 atom stereocenters. The van der Waals surface area contributed by atoms with Crippen molar-refractivity contribution < 1.29 is 4.79 Å². The SMILES string of the molecule is C[C](C)CN1CCCC(=O)C1Cc1ccccc1. The summed E-state index contributed by atoms with van der Waals surface area (Å²) in [6, 6.07) is 10.4. The van der Waals surface area contributed by atoms with Gasteiger partial charge in [-0.05, 0) is 30.9 Å². The van der Waals surface area contributed by atoms with E-state index in [2.05, 4.69) is 30.9 Å². The zero-order valence-electron chi connectivity index (χ0n) is 11.4. The Morgan fingerprint density at radius 1 is 1.28 bits per heavy atom. The van der Waals surface area contributed by atoms with Crippen LogP contribution >= 0.6 is 0 Å². The molecule has 1 aromatic carbocycles. The standard InChI is InChI=1S/C16H22NO/c1-13(2)12-17-10-6-9-16(18)15(17)11-14-7-4-3-5-8-14/h3-5,7-8,15H,6,9-12H2,1-2H3. The van der Waals surface area contributed by atoms with Gasteiger partial charge in [-0.15, -0.1) is 0 Å². The van der Waals surface area contributed by atoms with Crippen molar-refractivity contribution in [3.63, 3.8) is 0 Å². The van der Waals surface area contributed by atoms with E-state index in [1.54, 1.807) is 0 Å². The summed E-state index contributed by atoms with van der Waals surface area (Å²) in [4.78, 5) is 14.5. The van der Waals surface area contributed by atoms with Gasteiger partial charge in [-0.2, -0.15) is 0 Å². The van der Waals surface area contributed by atoms with E-state index in [1.807, 2.05) is 18.2 Å². The van der Waals surface area contributed by atoms with E-state index >= 15 is 0 Å². The van der Waals surface area contributed by atoms with Crippen molar-refractivity contribution in [2.75, 3.05) is 13.1 Å². The molecule has 0 N–H and O–H groups in total. The van der Waals surface area contributed by atoms with Crippen molar-refractivity contribution >= 4 is 5.78 Å². The van der Waals surface area contributed by atoms with Crippen molar-refractivity contribution in [3.8, 4) is 0 Å². The van der Waals surface area contributed by atoms with Crippen LogP contribution in [0.1, 0.15) is 32.3 Å². The highest BCUT2D eigenvalue weighted by molar-refractivity contribution is 5.85. The molecule has 1 aliphatic rings. The van der Waals surface area contributed by atoms with Crippen LogP contribution in [0, 0.1) is 5.92 Å². The molecule has 0 spiro atoms. The molecule has 0 saturated carbocycles. The van der Waals surface area contributed by atoms with Crippen LogP contribution in [0.5, 0.6) is 0 Å². The second-order valence-corrected chi connectivity index (χ2v) is 5.45. The lowest BCUT2D eigenvalue weighted by Gasteiger charge is -2.35. The van der Waals surface area contributed by atoms with Gasteiger partial charge in [0.15, 0.2) is 0 Å². The minimum absolute atomic E-state index is 0.0797. The van der Waals surface area contributed by atoms with Crippen LogP contribution in [-0.2, 0) is 11.2 Å². The molecule has 1 fully saturated rings. The quantitative estimate of drug-likeness (QED) is 0.811. The van der Waals surface area contributed by atoms with Gasteiger partial charge in [0.2, 0.25) is 0 Å². The number of carbonyl (C=O) groups is 1. The van der Waals surface area contributed by atoms with E-state index in [0.717, 1.165) is 32.4 Å². The summed E-state index contributed by atoms with van der Waals surface area (Å²) in [6.45, 7) is 6.27. The van der Waals surface area contributed by atoms with E-state index in [-0.39, 0.29) is 6.04 Å². The van der Waals surface area contributed by atoms with E-state index in [4.69, 9.17) is 0 Å². The third-order valence-electron chi connectivity index (χ3n) is 3.47. The van der Waals surface area contributed by atoms with Crippen molar-refractivity contribution in [3.05, 3.63) is 41.8 Å². The first kappa shape index (κ1) is 13.3. The lowest BCUT2D eigenvalue weighted by Crippen LogP contribution is -2.48. The zero-order chi connectivity index (χ0) is 13.0. The largest absolute Gasteiger partial charge is 0.298 e. The fourth-order valence-corrected chi connectivity index (χ4v) is 2.66. The number of hydrogen-bond donors (Lipinski definition) is 0. The molecule has 1 heterocycles. The molecule has 0 amide bonds. The van der Waals surface area contributed by atoms with Gasteiger partial charge in [-0.1, -0.05) is 44.2 Å². The Morgan fingerprint density at radius 2 is 2.00 bits per heavy atom. The Bertz CT molecular complexity index is 385. The number of benzene rings is 1. The fraction of sp³-hybridized carbons (Fsp3) is 0.500. The molecule has 2 heteroatoms. The van der Waals surface area contributed by atoms with Crippen molar-refractivity contribution in [1.29, 1.82) is 0 Å². The molecule has 1 aliphatic heterocycles. The summed E-state index contributed by atoms with van der Waals surface area (Å²) in [5.41, 5.74) is 1.26. The Labute approximate surface area is 110 Å². The predicted molar refractivity (Wildman–Crippen MR) is 74.3 cm³/mol. The van der Waals surface area contributed by atoms with E-state index in [0.29, 0.717) is 5.78 Å². The number of hydrogen-bond acceptors (Lipinski definition) is 2. The van der Waals surface area contributed by atoms with Gasteiger partial charge in [-0.3, -0.25) is 9.69 Å². The molecule has 1 saturated heterocycles. The molecule has 0 aromatic heterocycles. The lowest BCUT2D eigenvalue weighted by molar-refractivity contribution is -0.126. The number of nitrogens with zero attached hydrogens (tertiary/aromatic N) is 1. The highest BCUT2D eigenvalue weighted by Crippen LogP contribution is 2.19. The molecule has 1 radical (unpaired) electrons. The van der Waals surface area contributed by atoms with Crippen LogP contribution in [0.2, 0.25) is 0 Å². The molecule has 0 bridgehead atoms. The summed E-state index contributed by atoms with van der Waals surface area (Å²) in [5.74, 6) is 1.79. The first-order valence-corrected chi connectivity index (χ1v) is 6.76. The first-order valence-electron chi connectivity index (χ1n) is 6.76. The highest BCUT2D eigenvalue weighted by Gasteiger charge is 2.29. The number of piperidine rings is 1. The van der Waals surface area contributed by atoms with Crippen molar-refractivity contribution in [2.45, 2.75) is 39.2 Å². The van der Waals surface area contributed by atoms with Gasteiger partial charge in [0.25, 0.3) is 0 Å². The number of carbonyl (C=O) groups excluding carboxylic acids is 1. The molecule has 0 aliphatic carbocycles. The van der Waals surface area contributed by atoms with Crippen molar-refractivity contribution in [2.24, 2.45) is 0 Å². The van der Waals surface area contributed by atoms with Crippen LogP contribution < -0.4 is 0 Å². The van der Waals surface area contributed by atoms with E-state index < -0.39 is 0 Å². The zero-order valence-corrected chi connectivity index (χ0v) is 11.4. The first-order chi connectivity index (χ1) is 8.66. The Kier molecular flexibility index (Phi) is 4.54. The molecular weight excluding hydrogens is 222 g/mol. The van der Waals surface area contributed by atoms with E-state index in [9.17, 15) is 4.79 Å². The third kappa shape index (κ3) is 3.42. The number of Topliss-reactive ketones (excluding diaryl/α,β-unsaturated/α-hetero) is 1. The fourth-order valence-electron chi connectivity index (χ4n) is 2.66. The maximum Gasteiger partial charge on any atom is 0.150 e. The Balaban J connectivity index is 2.07. The second-order valence-electron chi connectivity index (χ2n) is 5.45. The lowest BCUT2D eigenvalue weighted by atomic mass is 9.93. The average molecular weight is 244 g/mol. The Hall–Kier alpha value is -1.15. The summed E-state index contributed by atoms with van der Waals surface area (Å²) in [6.07, 6.45) is 2.61. The maximum atomic E-state index is 12.1. The van der Waals surface area contributed by atoms with Gasteiger partial charge in [0.1, 0.15) is 5.78 Å². The summed E-state index contributed by atoms with van der Waals surface area (Å²) in [5, 5.41) is 0. The van der Waals surface area contributed by atoms with Gasteiger partial charge < -0.3 is 0 Å². The maximum absolute atomic E-state index is 12.1. The minimum atomic E-state index is 0.0797. The second kappa shape index (κ2) is 6.14. The molecule has 2 rings (SSSR count). The third-order valence-corrected chi connectivity index (χ3v) is 3.47. The number of likely N-dealkylation sites (tertiary alicyclic amines) is 1. The molecule has 97 valence electrons. The summed E-state index contributed by atoms with van der Waals surface area (Å²) < 4.78 is 0. The molecule has 2 nitrogen and oxygen atoms in total. The van der Waals surface area contributed by atoms with Crippen molar-refractivity contribution in [1.82, 2.24) is 4.90 Å². The summed E-state index contributed by atoms with van der Waals surface area (Å²) >= 11 is 0. The number of rotatable bonds is 4. The van der Waals surface area contributed by atoms with Gasteiger partial charge >= 0.3 is 0 Å². The predicted octanol–water partition coefficient (Wildman–Crippen LogP) is 2.88. The summed E-state index contributed by atoms with van der Waals surface area (Å²) in [7, 11) is 0. The number of ketones is 1. The van der Waals surface area contributed by atoms with Gasteiger partial charge in [-0.25, -0.2) is 0 Å². The topological polar surface area (TPSA) is 20.3 Å². The van der Waals surface area contributed by atoms with Gasteiger partial charge in [0.05, 0.1) is 6.04 Å². The average Bonchev–Trinajstić information content (AvgIpc) is 2.34. The van der Waals surface area contributed by atoms with Gasteiger partial charge in [0, 0.05) is 13.0 Å². The van der Waals surface area contributed by atoms with E-state index in [1.165, 1.54) is 11.5 Å². The monoisotopic (exact) mass is 244 g/mol. The van der Waals surface area contributed by atoms with Crippen LogP contribution in [0.4, 0.5) is 0 Å². The molecule has 1 unspecified atom stereocenters. The van der Waals surface area contributed by atoms with Crippen LogP contribution in [-0.4, -0.2) is 29.8 Å². The van der Waals surface area contributed by atoms with Crippen LogP contribution in [0.15, 0.2) is 30.3 Å².